The van der Waals surface area contributed by atoms with E-state index in [-0.39, 0.29) is 51.4 Å². The summed E-state index contributed by atoms with van der Waals surface area (Å²) in [7, 11) is 0. The summed E-state index contributed by atoms with van der Waals surface area (Å²) in [6.07, 6.45) is -1.58. The minimum Gasteiger partial charge on any atom is -0.473 e. The van der Waals surface area contributed by atoms with Crippen molar-refractivity contribution >= 4 is 22.4 Å². The molecule has 0 saturated heterocycles. The molecular formula is CBrKO3. The number of carbonyl (C=O) groups is 1. The fourth-order valence-corrected chi connectivity index (χ4v) is 0. The van der Waals surface area contributed by atoms with E-state index in [4.69, 9.17) is 9.90 Å². The molecule has 0 fully saturated rings. The van der Waals surface area contributed by atoms with Crippen LogP contribution >= 0.6 is 16.3 Å². The molecule has 0 aromatic heterocycles. The van der Waals surface area contributed by atoms with Crippen LogP contribution in [0.3, 0.4) is 0 Å². The first-order chi connectivity index (χ1) is 2.27. The van der Waals surface area contributed by atoms with Crippen LogP contribution in [0.25, 0.3) is 0 Å². The predicted octanol–water partition coefficient (Wildman–Crippen LogP) is -3.34. The Morgan fingerprint density at radius 3 is 2.00 bits per heavy atom. The van der Waals surface area contributed by atoms with Gasteiger partial charge in [-0.2, -0.15) is 0 Å². The van der Waals surface area contributed by atoms with Crippen LogP contribution in [0.4, 0.5) is 4.79 Å². The van der Waals surface area contributed by atoms with Gasteiger partial charge in [-0.1, -0.05) is 0 Å². The van der Waals surface area contributed by atoms with Gasteiger partial charge >= 0.3 is 51.4 Å². The molecule has 0 aromatic carbocycles. The standard InChI is InChI=1S/CHBrO3.K/c2-5-1(3)4;/h(H,3,4);/q;+1/p-1. The van der Waals surface area contributed by atoms with Gasteiger partial charge in [-0.3, -0.25) is 0 Å². The molecule has 30 valence electrons. The average Bonchev–Trinajstić information content (AvgIpc) is 1.38. The minimum atomic E-state index is -1.58. The van der Waals surface area contributed by atoms with Crippen molar-refractivity contribution in [2.75, 3.05) is 0 Å². The molecule has 0 aliphatic rings. The van der Waals surface area contributed by atoms with Crippen molar-refractivity contribution in [3.8, 4) is 0 Å². The predicted molar refractivity (Wildman–Crippen MR) is 15.4 cm³/mol. The van der Waals surface area contributed by atoms with Crippen LogP contribution in [0, 0.1) is 0 Å². The van der Waals surface area contributed by atoms with Gasteiger partial charge < -0.3 is 13.7 Å². The summed E-state index contributed by atoms with van der Waals surface area (Å²) in [5, 5.41) is 8.99. The molecule has 0 aliphatic carbocycles. The van der Waals surface area contributed by atoms with E-state index in [0.29, 0.717) is 0 Å². The second kappa shape index (κ2) is 6.39. The van der Waals surface area contributed by atoms with Gasteiger partial charge in [-0.15, -0.1) is 0 Å². The second-order valence-corrected chi connectivity index (χ2v) is 0.651. The number of hydrogen-bond donors (Lipinski definition) is 0. The van der Waals surface area contributed by atoms with Gasteiger partial charge in [0, 0.05) is 0 Å². The van der Waals surface area contributed by atoms with Gasteiger partial charge in [0.25, 0.3) is 6.16 Å². The molecule has 0 aromatic rings. The first-order valence-corrected chi connectivity index (χ1v) is 1.41. The van der Waals surface area contributed by atoms with Crippen molar-refractivity contribution in [2.24, 2.45) is 0 Å². The normalized spacial score (nSPS) is 5.50. The average molecular weight is 179 g/mol. The Balaban J connectivity index is 0. The van der Waals surface area contributed by atoms with Crippen molar-refractivity contribution in [1.82, 2.24) is 0 Å². The van der Waals surface area contributed by atoms with Crippen LogP contribution in [0.1, 0.15) is 0 Å². The molecule has 5 heteroatoms. The number of rotatable bonds is 0. The molecule has 0 amide bonds. The van der Waals surface area contributed by atoms with Crippen molar-refractivity contribution in [3.05, 3.63) is 0 Å². The number of hydrogen-bond acceptors (Lipinski definition) is 3. The molecule has 0 spiro atoms. The van der Waals surface area contributed by atoms with E-state index in [0.717, 1.165) is 0 Å². The van der Waals surface area contributed by atoms with E-state index >= 15 is 0 Å². The molecule has 0 aliphatic heterocycles. The fourth-order valence-electron chi connectivity index (χ4n) is 0. The third-order valence-corrected chi connectivity index (χ3v) is 0.327. The van der Waals surface area contributed by atoms with Gasteiger partial charge in [0.15, 0.2) is 0 Å². The molecule has 0 radical (unpaired) electrons. The minimum absolute atomic E-state index is 0. The molecule has 6 heavy (non-hydrogen) atoms. The monoisotopic (exact) mass is 178 g/mol. The number of halogens is 1. The molecule has 0 heterocycles. The molecule has 0 atom stereocenters. The number of carboxylic acid groups (broad SMARTS) is 1. The molecule has 0 unspecified atom stereocenters. The Kier molecular flexibility index (Phi) is 11.1. The summed E-state index contributed by atoms with van der Waals surface area (Å²) in [5.41, 5.74) is 0. The van der Waals surface area contributed by atoms with Gasteiger partial charge in [0.05, 0.1) is 16.3 Å². The van der Waals surface area contributed by atoms with Gasteiger partial charge in [0.1, 0.15) is 0 Å². The Morgan fingerprint density at radius 1 is 1.83 bits per heavy atom. The first kappa shape index (κ1) is 10.4. The van der Waals surface area contributed by atoms with Gasteiger partial charge in [-0.05, 0) is 0 Å². The van der Waals surface area contributed by atoms with E-state index in [1.165, 1.54) is 0 Å². The Labute approximate surface area is 85.9 Å². The van der Waals surface area contributed by atoms with Gasteiger partial charge in [0.2, 0.25) is 0 Å². The SMILES string of the molecule is O=C([O-])OBr.[K+]. The zero-order valence-corrected chi connectivity index (χ0v) is 7.81. The summed E-state index contributed by atoms with van der Waals surface area (Å²) in [6.45, 7) is 0. The summed E-state index contributed by atoms with van der Waals surface area (Å²) < 4.78 is 3.37. The Bertz CT molecular complexity index is 46.1. The molecular weight excluding hydrogens is 179 g/mol. The van der Waals surface area contributed by atoms with Crippen LogP contribution in [0.5, 0.6) is 0 Å². The number of carbonyl (C=O) groups excluding carboxylic acids is 1. The summed E-state index contributed by atoms with van der Waals surface area (Å²) in [4.78, 5) is 8.99. The molecule has 3 nitrogen and oxygen atoms in total. The van der Waals surface area contributed by atoms with E-state index in [2.05, 4.69) is 20.1 Å². The Hall–Kier alpha value is 1.39. The van der Waals surface area contributed by atoms with Crippen molar-refractivity contribution in [3.63, 3.8) is 0 Å². The summed E-state index contributed by atoms with van der Waals surface area (Å²) >= 11 is 2.15. The maximum Gasteiger partial charge on any atom is 1.00 e. The maximum absolute atomic E-state index is 8.99. The van der Waals surface area contributed by atoms with Crippen LogP contribution in [-0.4, -0.2) is 6.16 Å². The van der Waals surface area contributed by atoms with Crippen LogP contribution in [0.2, 0.25) is 0 Å². The topological polar surface area (TPSA) is 49.4 Å². The van der Waals surface area contributed by atoms with E-state index in [1.807, 2.05) is 0 Å². The molecule has 0 bridgehead atoms. The maximum atomic E-state index is 8.99. The Morgan fingerprint density at radius 2 is 2.00 bits per heavy atom. The first-order valence-electron chi connectivity index (χ1n) is 0.767. The smallest absolute Gasteiger partial charge is 0.473 e. The fraction of sp³-hybridized carbons (Fsp3) is 0. The van der Waals surface area contributed by atoms with E-state index in [1.54, 1.807) is 0 Å². The third-order valence-electron chi connectivity index (χ3n) is 0.0630. The van der Waals surface area contributed by atoms with Crippen molar-refractivity contribution in [1.29, 1.82) is 0 Å². The van der Waals surface area contributed by atoms with E-state index in [9.17, 15) is 0 Å². The third kappa shape index (κ3) is 9.04. The summed E-state index contributed by atoms with van der Waals surface area (Å²) in [5.74, 6) is 0. The molecule has 0 rings (SSSR count). The van der Waals surface area contributed by atoms with E-state index < -0.39 is 6.16 Å². The summed E-state index contributed by atoms with van der Waals surface area (Å²) in [6, 6.07) is 0. The van der Waals surface area contributed by atoms with Crippen LogP contribution < -0.4 is 56.5 Å². The van der Waals surface area contributed by atoms with Gasteiger partial charge in [-0.25, -0.2) is 0 Å². The van der Waals surface area contributed by atoms with Crippen molar-refractivity contribution in [2.45, 2.75) is 0 Å². The molecule has 0 N–H and O–H groups in total. The van der Waals surface area contributed by atoms with Crippen molar-refractivity contribution < 1.29 is 65.1 Å². The largest absolute Gasteiger partial charge is 1.00 e. The molecule has 0 saturated carbocycles. The zero-order chi connectivity index (χ0) is 4.28. The quantitative estimate of drug-likeness (QED) is 0.365. The van der Waals surface area contributed by atoms with Crippen LogP contribution in [0.15, 0.2) is 0 Å². The zero-order valence-electron chi connectivity index (χ0n) is 3.10. The van der Waals surface area contributed by atoms with Crippen LogP contribution in [-0.2, 0) is 3.83 Å². The second-order valence-electron chi connectivity index (χ2n) is 0.327.